The Hall–Kier alpha value is -9.59. The van der Waals surface area contributed by atoms with Gasteiger partial charge in [0.15, 0.2) is 15.4 Å². The van der Waals surface area contributed by atoms with E-state index in [2.05, 4.69) is 55.0 Å². The van der Waals surface area contributed by atoms with E-state index in [-0.39, 0.29) is 78.5 Å². The molecule has 3 saturated heterocycles. The van der Waals surface area contributed by atoms with Crippen molar-refractivity contribution in [3.8, 4) is 66.1 Å². The molecule has 0 radical (unpaired) electrons. The van der Waals surface area contributed by atoms with Gasteiger partial charge in [-0.3, -0.25) is 28.5 Å². The fourth-order valence-corrected chi connectivity index (χ4v) is 18.0. The van der Waals surface area contributed by atoms with Crippen LogP contribution in [0.5, 0.6) is 34.8 Å². The number of hydrogen-bond acceptors (Lipinski definition) is 26. The van der Waals surface area contributed by atoms with Crippen LogP contribution in [-0.4, -0.2) is 144 Å². The number of carbonyl (C=O) groups is 3. The molecule has 0 atom stereocenters. The topological polar surface area (TPSA) is 406 Å². The Bertz CT molecular complexity index is 4680. The second-order valence-electron chi connectivity index (χ2n) is 24.5. The summed E-state index contributed by atoms with van der Waals surface area (Å²) in [5.74, 6) is 0.617. The summed E-state index contributed by atoms with van der Waals surface area (Å²) in [4.78, 5) is 60.9. The predicted octanol–water partition coefficient (Wildman–Crippen LogP) is 12.0. The molecule has 0 bridgehead atoms. The molecule has 0 aliphatic carbocycles. The van der Waals surface area contributed by atoms with Crippen LogP contribution in [0.15, 0.2) is 130 Å². The maximum atomic E-state index is 13.1. The number of thiazole rings is 3. The lowest BCUT2D eigenvalue weighted by Crippen LogP contribution is -2.22. The quantitative estimate of drug-likeness (QED) is 0.0254. The van der Waals surface area contributed by atoms with Crippen LogP contribution in [0.25, 0.3) is 31.3 Å². The van der Waals surface area contributed by atoms with Crippen LogP contribution in [0.4, 0.5) is 32.5 Å². The number of phenolic OH excluding ortho intramolecular Hbond substituents is 3. The molecule has 0 saturated carbocycles. The molecule has 4 aromatic carbocycles. The summed E-state index contributed by atoms with van der Waals surface area (Å²) in [7, 11) is -8.07. The number of aryl methyl sites for hydroxylation is 3. The number of pyridine rings is 2. The van der Waals surface area contributed by atoms with Crippen LogP contribution >= 0.6 is 34.0 Å². The first-order valence-electron chi connectivity index (χ1n) is 33.0. The van der Waals surface area contributed by atoms with Crippen molar-refractivity contribution < 1.29 is 83.4 Å². The van der Waals surface area contributed by atoms with Crippen molar-refractivity contribution in [3.63, 3.8) is 0 Å². The molecule has 12 rings (SSSR count). The first-order chi connectivity index (χ1) is 50.2. The normalized spacial score (nSPS) is 14.5. The number of methoxy groups -OCH3 is 3. The molecule has 3 aliphatic heterocycles. The fraction of sp³-hybridized carbons (Fsp3) is 0.343. The van der Waals surface area contributed by atoms with Crippen molar-refractivity contribution in [2.45, 2.75) is 93.2 Å². The maximum absolute atomic E-state index is 13.1. The SMILES string of the molecule is COc1ccc(-c2sc(NC(=O)CC3CCOCC3)nc2C)cc1S(=O)(=O)Nc1ccc(O)cc1.COc1ncc(-c2sc(NC(=O)CC3CCOCC3)nc2C)cc1S(=O)(=O)Nc1ccc(O)cc1.COc1ncc(-c2sc(NC(=O)CC3CCOCC3)nc2C)cc1S(=O)(=O)Nc1cccc(O)c1. The molecule has 9 N–H and O–H groups in total. The molecular weight excluding hydrogens is 1480 g/mol. The van der Waals surface area contributed by atoms with E-state index in [9.17, 15) is 55.0 Å². The van der Waals surface area contributed by atoms with Crippen LogP contribution in [0.2, 0.25) is 0 Å². The number of nitrogens with one attached hydrogen (secondary N) is 6. The average molecular weight is 1550 g/mol. The highest BCUT2D eigenvalue weighted by Gasteiger charge is 2.29. The number of ether oxygens (including phenoxy) is 6. The van der Waals surface area contributed by atoms with E-state index in [0.717, 1.165) is 43.4 Å². The van der Waals surface area contributed by atoms with Crippen molar-refractivity contribution in [1.29, 1.82) is 0 Å². The molecule has 3 amide bonds. The zero-order valence-corrected chi connectivity index (χ0v) is 62.9. The molecule has 8 heterocycles. The summed E-state index contributed by atoms with van der Waals surface area (Å²) in [6.07, 6.45) is 9.44. The Morgan fingerprint density at radius 3 is 1.15 bits per heavy atom. The van der Waals surface area contributed by atoms with Gasteiger partial charge in [0.05, 0.1) is 58.7 Å². The third-order valence-corrected chi connectivity index (χ3v) is 24.3. The molecule has 35 heteroatoms. The predicted molar refractivity (Wildman–Crippen MR) is 399 cm³/mol. The van der Waals surface area contributed by atoms with Crippen molar-refractivity contribution >= 4 is 114 Å². The van der Waals surface area contributed by atoms with Crippen molar-refractivity contribution in [2.24, 2.45) is 17.8 Å². The monoisotopic (exact) mass is 1550 g/mol. The van der Waals surface area contributed by atoms with E-state index in [1.807, 2.05) is 6.92 Å². The van der Waals surface area contributed by atoms with Gasteiger partial charge < -0.3 is 59.7 Å². The standard InChI is InChI=1S/C24H27N3O6S2.2C23H26N4O6S2/c1-15-23(34-24(25-15)26-22(29)13-16-9-11-33-12-10-16)17-3-8-20(32-2)21(14-17)35(30,31)27-18-4-6-19(28)7-5-18;1-14-21(34-23(25-14)26-20(29)11-15-7-9-33-10-8-15)16-12-19(22(32-2)24-13-16)35(30,31)27-17-3-5-18(28)6-4-17;1-14-21(34-23(25-14)26-20(29)10-15-6-8-33-9-7-15)16-11-19(22(32-2)24-13-16)35(30,31)27-17-4-3-5-18(28)12-17/h3-8,14,16,27-28H,9-13H2,1-2H3,(H,25,26,29);3-6,12-13,15,27-28H,7-11H2,1-2H3,(H,25,26,29);3-5,11-13,15,27-28H,6-10H2,1-2H3,(H,25,26,29). The number of amides is 3. The zero-order chi connectivity index (χ0) is 75.0. The number of aromatic hydroxyl groups is 3. The summed E-state index contributed by atoms with van der Waals surface area (Å²) in [6.45, 7) is 9.45. The molecule has 9 aromatic rings. The van der Waals surface area contributed by atoms with E-state index in [1.54, 1.807) is 26.0 Å². The maximum Gasteiger partial charge on any atom is 0.267 e. The largest absolute Gasteiger partial charge is 0.508 e. The number of phenols is 3. The van der Waals surface area contributed by atoms with Gasteiger partial charge in [0.25, 0.3) is 30.1 Å². The van der Waals surface area contributed by atoms with Crippen molar-refractivity contribution in [2.75, 3.05) is 91.1 Å². The van der Waals surface area contributed by atoms with Gasteiger partial charge in [-0.2, -0.15) is 0 Å². The average Bonchev–Trinajstić information content (AvgIpc) is 1.75. The van der Waals surface area contributed by atoms with Gasteiger partial charge in [-0.15, -0.1) is 0 Å². The molecule has 3 fully saturated rings. The Kier molecular flexibility index (Phi) is 26.3. The number of aromatic nitrogens is 5. The summed E-state index contributed by atoms with van der Waals surface area (Å²) in [6, 6.07) is 24.9. The minimum absolute atomic E-state index is 0.0190. The highest BCUT2D eigenvalue weighted by atomic mass is 32.2. The van der Waals surface area contributed by atoms with Gasteiger partial charge in [-0.05, 0) is 174 Å². The number of benzene rings is 4. The molecule has 0 unspecified atom stereocenters. The molecule has 29 nitrogen and oxygen atoms in total. The number of sulfonamides is 3. The Morgan fingerprint density at radius 1 is 0.438 bits per heavy atom. The number of nitrogens with zero attached hydrogens (tertiary/aromatic N) is 5. The summed E-state index contributed by atoms with van der Waals surface area (Å²) in [5, 5.41) is 38.5. The smallest absolute Gasteiger partial charge is 0.267 e. The number of rotatable bonds is 24. The van der Waals surface area contributed by atoms with Crippen molar-refractivity contribution in [3.05, 3.63) is 133 Å². The highest BCUT2D eigenvalue weighted by Crippen LogP contribution is 2.41. The van der Waals surface area contributed by atoms with E-state index in [0.29, 0.717) is 141 Å². The molecule has 3 aliphatic rings. The molecule has 105 heavy (non-hydrogen) atoms. The second kappa shape index (κ2) is 35.5. The molecular formula is C70H79N11O18S6. The van der Waals surface area contributed by atoms with Crippen LogP contribution in [0, 0.1) is 38.5 Å². The van der Waals surface area contributed by atoms with Gasteiger partial charge in [0, 0.05) is 99.9 Å². The number of carbonyl (C=O) groups excluding carboxylic acids is 3. The van der Waals surface area contributed by atoms with Crippen LogP contribution in [0.1, 0.15) is 74.9 Å². The van der Waals surface area contributed by atoms with Crippen LogP contribution < -0.4 is 44.3 Å². The van der Waals surface area contributed by atoms with Crippen LogP contribution in [0.3, 0.4) is 0 Å². The van der Waals surface area contributed by atoms with Gasteiger partial charge in [-0.25, -0.2) is 50.2 Å². The third kappa shape index (κ3) is 21.3. The van der Waals surface area contributed by atoms with Gasteiger partial charge in [-0.1, -0.05) is 40.1 Å². The fourth-order valence-electron chi connectivity index (χ4n) is 11.4. The van der Waals surface area contributed by atoms with Crippen molar-refractivity contribution in [1.82, 2.24) is 24.9 Å². The number of hydrogen-bond donors (Lipinski definition) is 9. The number of anilines is 6. The second-order valence-corrected chi connectivity index (χ2v) is 32.5. The Balaban J connectivity index is 0.000000169. The first-order valence-corrected chi connectivity index (χ1v) is 39.9. The molecule has 5 aromatic heterocycles. The highest BCUT2D eigenvalue weighted by molar-refractivity contribution is 7.93. The minimum atomic E-state index is -4.09. The molecule has 0 spiro atoms. The van der Waals surface area contributed by atoms with Gasteiger partial charge >= 0.3 is 0 Å². The third-order valence-electron chi connectivity index (χ3n) is 16.8. The lowest BCUT2D eigenvalue weighted by atomic mass is 9.96. The van der Waals surface area contributed by atoms with Gasteiger partial charge in [0.1, 0.15) is 37.7 Å². The summed E-state index contributed by atoms with van der Waals surface area (Å²) in [5.41, 5.74) is 4.40. The molecule has 558 valence electrons. The van der Waals surface area contributed by atoms with E-state index in [1.165, 1.54) is 159 Å². The van der Waals surface area contributed by atoms with Crippen LogP contribution in [-0.2, 0) is 58.7 Å². The lowest BCUT2D eigenvalue weighted by Gasteiger charge is -2.20. The van der Waals surface area contributed by atoms with E-state index < -0.39 is 30.1 Å². The minimum Gasteiger partial charge on any atom is -0.508 e. The van der Waals surface area contributed by atoms with E-state index in [4.69, 9.17) is 28.4 Å². The Morgan fingerprint density at radius 2 is 0.790 bits per heavy atom. The van der Waals surface area contributed by atoms with Gasteiger partial charge in [0.2, 0.25) is 29.5 Å². The zero-order valence-electron chi connectivity index (χ0n) is 58.0. The summed E-state index contributed by atoms with van der Waals surface area (Å²) < 4.78 is 118. The lowest BCUT2D eigenvalue weighted by molar-refractivity contribution is -0.118. The Labute approximate surface area is 619 Å². The summed E-state index contributed by atoms with van der Waals surface area (Å²) >= 11 is 3.78. The van der Waals surface area contributed by atoms with E-state index >= 15 is 0 Å². The first kappa shape index (κ1) is 78.0.